The van der Waals surface area contributed by atoms with Crippen LogP contribution in [0.15, 0.2) is 0 Å². The van der Waals surface area contributed by atoms with Gasteiger partial charge in [0.2, 0.25) is 0 Å². The second kappa shape index (κ2) is 6.17. The minimum atomic E-state index is -0.555. The van der Waals surface area contributed by atoms with Crippen molar-refractivity contribution in [3.8, 4) is 0 Å². The molecule has 1 heterocycles. The Morgan fingerprint density at radius 2 is 2.06 bits per heavy atom. The van der Waals surface area contributed by atoms with Gasteiger partial charge >= 0.3 is 0 Å². The molecule has 0 amide bonds. The van der Waals surface area contributed by atoms with Crippen LogP contribution in [0.25, 0.3) is 0 Å². The summed E-state index contributed by atoms with van der Waals surface area (Å²) in [6.45, 7) is 10.5. The number of hydrogen-bond donors (Lipinski definition) is 2. The summed E-state index contributed by atoms with van der Waals surface area (Å²) in [6, 6.07) is 1.18. The number of likely N-dealkylation sites (tertiary alicyclic amines) is 1. The molecule has 1 aliphatic rings. The summed E-state index contributed by atoms with van der Waals surface area (Å²) in [5, 5.41) is 13.7. The molecule has 4 unspecified atom stereocenters. The van der Waals surface area contributed by atoms with Gasteiger partial charge in [0.05, 0.1) is 5.60 Å². The lowest BCUT2D eigenvalue weighted by Crippen LogP contribution is -2.53. The smallest absolute Gasteiger partial charge is 0.0743 e. The summed E-state index contributed by atoms with van der Waals surface area (Å²) in [5.41, 5.74) is -0.555. The average molecular weight is 242 g/mol. The Bertz CT molecular complexity index is 230. The minimum absolute atomic E-state index is 0.546. The Morgan fingerprint density at radius 3 is 2.65 bits per heavy atom. The van der Waals surface area contributed by atoms with Gasteiger partial charge < -0.3 is 15.3 Å². The zero-order valence-electron chi connectivity index (χ0n) is 12.2. The van der Waals surface area contributed by atoms with Crippen molar-refractivity contribution in [3.05, 3.63) is 0 Å². The number of nitrogens with zero attached hydrogens (tertiary/aromatic N) is 1. The van der Waals surface area contributed by atoms with Crippen molar-refractivity contribution in [3.63, 3.8) is 0 Å². The third-order valence-corrected chi connectivity index (χ3v) is 4.14. The average Bonchev–Trinajstić information content (AvgIpc) is 2.21. The number of aliphatic hydroxyl groups is 1. The Balaban J connectivity index is 2.41. The van der Waals surface area contributed by atoms with E-state index in [0.29, 0.717) is 24.5 Å². The number of rotatable bonds is 5. The van der Waals surface area contributed by atoms with Crippen molar-refractivity contribution < 1.29 is 5.11 Å². The minimum Gasteiger partial charge on any atom is -0.389 e. The van der Waals surface area contributed by atoms with Crippen LogP contribution in [0.5, 0.6) is 0 Å². The maximum absolute atomic E-state index is 10.2. The largest absolute Gasteiger partial charge is 0.389 e. The molecule has 0 aromatic heterocycles. The molecule has 1 rings (SSSR count). The molecule has 1 fully saturated rings. The molecular weight excluding hydrogens is 212 g/mol. The van der Waals surface area contributed by atoms with Crippen LogP contribution in [0.4, 0.5) is 0 Å². The fourth-order valence-electron chi connectivity index (χ4n) is 2.80. The fraction of sp³-hybridized carbons (Fsp3) is 1.00. The molecule has 0 bridgehead atoms. The van der Waals surface area contributed by atoms with Crippen LogP contribution >= 0.6 is 0 Å². The van der Waals surface area contributed by atoms with E-state index in [2.05, 4.69) is 38.0 Å². The number of piperidine rings is 1. The molecular formula is C14H30N2O. The highest BCUT2D eigenvalue weighted by Gasteiger charge is 2.30. The van der Waals surface area contributed by atoms with Crippen LogP contribution in [0.2, 0.25) is 0 Å². The van der Waals surface area contributed by atoms with Crippen LogP contribution in [0.3, 0.4) is 0 Å². The fourth-order valence-corrected chi connectivity index (χ4v) is 2.80. The van der Waals surface area contributed by atoms with Crippen molar-refractivity contribution in [1.82, 2.24) is 10.2 Å². The van der Waals surface area contributed by atoms with Crippen molar-refractivity contribution in [2.24, 2.45) is 5.92 Å². The quantitative estimate of drug-likeness (QED) is 0.772. The summed E-state index contributed by atoms with van der Waals surface area (Å²) in [5.74, 6) is 0.661. The topological polar surface area (TPSA) is 35.5 Å². The zero-order valence-corrected chi connectivity index (χ0v) is 12.2. The first kappa shape index (κ1) is 14.9. The van der Waals surface area contributed by atoms with Crippen LogP contribution in [-0.4, -0.2) is 47.8 Å². The number of hydrogen-bond acceptors (Lipinski definition) is 3. The molecule has 0 aromatic rings. The Hall–Kier alpha value is -0.120. The molecule has 17 heavy (non-hydrogen) atoms. The maximum Gasteiger partial charge on any atom is 0.0743 e. The van der Waals surface area contributed by atoms with E-state index in [4.69, 9.17) is 0 Å². The first-order chi connectivity index (χ1) is 7.85. The molecule has 3 heteroatoms. The van der Waals surface area contributed by atoms with Crippen molar-refractivity contribution in [2.45, 2.75) is 64.6 Å². The number of nitrogens with one attached hydrogen (secondary N) is 1. The van der Waals surface area contributed by atoms with Gasteiger partial charge in [0.25, 0.3) is 0 Å². The molecule has 0 radical (unpaired) electrons. The summed E-state index contributed by atoms with van der Waals surface area (Å²) >= 11 is 0. The Labute approximate surface area is 107 Å². The third kappa shape index (κ3) is 4.57. The van der Waals surface area contributed by atoms with Gasteiger partial charge in [-0.05, 0) is 39.7 Å². The zero-order chi connectivity index (χ0) is 13.1. The summed E-state index contributed by atoms with van der Waals surface area (Å²) < 4.78 is 0. The van der Waals surface area contributed by atoms with Gasteiger partial charge in [0.15, 0.2) is 0 Å². The predicted molar refractivity (Wildman–Crippen MR) is 73.2 cm³/mol. The molecule has 0 aromatic carbocycles. The van der Waals surface area contributed by atoms with E-state index in [1.165, 1.54) is 6.42 Å². The first-order valence-electron chi connectivity index (χ1n) is 7.01. The van der Waals surface area contributed by atoms with E-state index in [1.807, 2.05) is 6.92 Å². The molecule has 0 saturated carbocycles. The van der Waals surface area contributed by atoms with Crippen LogP contribution < -0.4 is 5.32 Å². The highest BCUT2D eigenvalue weighted by molar-refractivity contribution is 4.88. The van der Waals surface area contributed by atoms with Gasteiger partial charge in [0.1, 0.15) is 0 Å². The van der Waals surface area contributed by atoms with E-state index >= 15 is 0 Å². The van der Waals surface area contributed by atoms with Crippen LogP contribution in [0.1, 0.15) is 47.0 Å². The summed E-state index contributed by atoms with van der Waals surface area (Å²) in [6.07, 6.45) is 3.09. The summed E-state index contributed by atoms with van der Waals surface area (Å²) in [4.78, 5) is 2.42. The lowest BCUT2D eigenvalue weighted by Gasteiger charge is -2.41. The third-order valence-electron chi connectivity index (χ3n) is 4.14. The molecule has 4 atom stereocenters. The van der Waals surface area contributed by atoms with E-state index in [-0.39, 0.29) is 0 Å². The molecule has 0 spiro atoms. The second-order valence-corrected chi connectivity index (χ2v) is 6.24. The van der Waals surface area contributed by atoms with Gasteiger partial charge in [0, 0.05) is 25.2 Å². The van der Waals surface area contributed by atoms with Crippen molar-refractivity contribution >= 4 is 0 Å². The van der Waals surface area contributed by atoms with Gasteiger partial charge in [-0.3, -0.25) is 0 Å². The molecule has 3 nitrogen and oxygen atoms in total. The standard InChI is InChI=1S/C14H30N2O/c1-6-7-14(4,17)10-15-13-8-12(3)16(5)9-11(13)2/h11-13,15,17H,6-10H2,1-5H3. The van der Waals surface area contributed by atoms with Gasteiger partial charge in [-0.25, -0.2) is 0 Å². The molecule has 1 saturated heterocycles. The van der Waals surface area contributed by atoms with E-state index in [0.717, 1.165) is 19.4 Å². The van der Waals surface area contributed by atoms with Crippen molar-refractivity contribution in [2.75, 3.05) is 20.1 Å². The van der Waals surface area contributed by atoms with Crippen LogP contribution in [-0.2, 0) is 0 Å². The van der Waals surface area contributed by atoms with Gasteiger partial charge in [-0.15, -0.1) is 0 Å². The highest BCUT2D eigenvalue weighted by Crippen LogP contribution is 2.21. The Morgan fingerprint density at radius 1 is 1.41 bits per heavy atom. The van der Waals surface area contributed by atoms with Gasteiger partial charge in [-0.2, -0.15) is 0 Å². The lowest BCUT2D eigenvalue weighted by atomic mass is 9.89. The Kier molecular flexibility index (Phi) is 5.42. The molecule has 102 valence electrons. The normalized spacial score (nSPS) is 34.6. The maximum atomic E-state index is 10.2. The molecule has 0 aliphatic carbocycles. The van der Waals surface area contributed by atoms with E-state index in [9.17, 15) is 5.11 Å². The van der Waals surface area contributed by atoms with E-state index < -0.39 is 5.60 Å². The molecule has 2 N–H and O–H groups in total. The van der Waals surface area contributed by atoms with Gasteiger partial charge in [-0.1, -0.05) is 20.3 Å². The first-order valence-corrected chi connectivity index (χ1v) is 7.01. The lowest BCUT2D eigenvalue weighted by molar-refractivity contribution is 0.0367. The van der Waals surface area contributed by atoms with Crippen LogP contribution in [0, 0.1) is 5.92 Å². The van der Waals surface area contributed by atoms with Crippen molar-refractivity contribution in [1.29, 1.82) is 0 Å². The SMILES string of the molecule is CCCC(C)(O)CNC1CC(C)N(C)CC1C. The van der Waals surface area contributed by atoms with E-state index in [1.54, 1.807) is 0 Å². The summed E-state index contributed by atoms with van der Waals surface area (Å²) in [7, 11) is 2.20. The predicted octanol–water partition coefficient (Wildman–Crippen LogP) is 1.86. The highest BCUT2D eigenvalue weighted by atomic mass is 16.3. The molecule has 1 aliphatic heterocycles. The monoisotopic (exact) mass is 242 g/mol. The second-order valence-electron chi connectivity index (χ2n) is 6.24.